The molecule has 0 aliphatic heterocycles. The number of nitrogens with two attached hydrogens (primary N) is 1. The molecule has 0 saturated heterocycles. The average molecular weight is 180 g/mol. The van der Waals surface area contributed by atoms with E-state index in [1.165, 1.54) is 0 Å². The number of aromatic nitrogens is 1. The number of nitrogens with zero attached hydrogens (tertiary/aromatic N) is 1. The second-order valence-corrected chi connectivity index (χ2v) is 3.86. The van der Waals surface area contributed by atoms with Crippen molar-refractivity contribution in [2.45, 2.75) is 26.3 Å². The van der Waals surface area contributed by atoms with E-state index in [1.54, 1.807) is 16.7 Å². The van der Waals surface area contributed by atoms with Gasteiger partial charge in [-0.3, -0.25) is 4.79 Å². The highest BCUT2D eigenvalue weighted by Gasteiger charge is 2.20. The van der Waals surface area contributed by atoms with Crippen molar-refractivity contribution in [1.29, 1.82) is 0 Å². The molecule has 72 valence electrons. The van der Waals surface area contributed by atoms with Crippen LogP contribution in [-0.2, 0) is 5.54 Å². The lowest BCUT2D eigenvalue weighted by Crippen LogP contribution is -2.42. The van der Waals surface area contributed by atoms with Crippen LogP contribution in [0, 0.1) is 6.92 Å². The molecule has 1 rings (SSSR count). The molecule has 0 radical (unpaired) electrons. The van der Waals surface area contributed by atoms with E-state index < -0.39 is 0 Å². The second kappa shape index (κ2) is 3.34. The standard InChI is InChI=1S/C10H16N2O/c1-8-5-4-6-9(13)12(8)10(2,3)7-11/h4-6H,7,11H2,1-3H3. The first kappa shape index (κ1) is 9.99. The molecule has 0 bridgehead atoms. The van der Waals surface area contributed by atoms with Gasteiger partial charge in [-0.1, -0.05) is 6.07 Å². The van der Waals surface area contributed by atoms with E-state index >= 15 is 0 Å². The Balaban J connectivity index is 3.37. The van der Waals surface area contributed by atoms with Crippen molar-refractivity contribution in [2.75, 3.05) is 6.54 Å². The van der Waals surface area contributed by atoms with Gasteiger partial charge in [-0.25, -0.2) is 0 Å². The number of pyridine rings is 1. The van der Waals surface area contributed by atoms with Crippen LogP contribution in [0.5, 0.6) is 0 Å². The SMILES string of the molecule is Cc1cccc(=O)n1C(C)(C)CN. The van der Waals surface area contributed by atoms with Crippen LogP contribution in [0.15, 0.2) is 23.0 Å². The maximum Gasteiger partial charge on any atom is 0.251 e. The van der Waals surface area contributed by atoms with Crippen LogP contribution >= 0.6 is 0 Å². The number of hydrogen-bond donors (Lipinski definition) is 1. The van der Waals surface area contributed by atoms with Gasteiger partial charge < -0.3 is 10.3 Å². The zero-order valence-corrected chi connectivity index (χ0v) is 8.37. The van der Waals surface area contributed by atoms with Crippen LogP contribution in [0.1, 0.15) is 19.5 Å². The predicted octanol–water partition coefficient (Wildman–Crippen LogP) is 0.851. The lowest BCUT2D eigenvalue weighted by atomic mass is 10.0. The fourth-order valence-electron chi connectivity index (χ4n) is 1.46. The van der Waals surface area contributed by atoms with E-state index in [4.69, 9.17) is 5.73 Å². The molecular formula is C10H16N2O. The summed E-state index contributed by atoms with van der Waals surface area (Å²) in [7, 11) is 0. The van der Waals surface area contributed by atoms with E-state index in [0.717, 1.165) is 5.69 Å². The highest BCUT2D eigenvalue weighted by molar-refractivity contribution is 5.07. The topological polar surface area (TPSA) is 48.0 Å². The molecule has 0 atom stereocenters. The van der Waals surface area contributed by atoms with Crippen molar-refractivity contribution in [2.24, 2.45) is 5.73 Å². The lowest BCUT2D eigenvalue weighted by Gasteiger charge is -2.27. The third kappa shape index (κ3) is 1.80. The van der Waals surface area contributed by atoms with Crippen molar-refractivity contribution in [3.63, 3.8) is 0 Å². The minimum atomic E-state index is -0.303. The normalized spacial score (nSPS) is 11.7. The quantitative estimate of drug-likeness (QED) is 0.733. The molecular weight excluding hydrogens is 164 g/mol. The Morgan fingerprint density at radius 2 is 2.08 bits per heavy atom. The summed E-state index contributed by atoms with van der Waals surface area (Å²) in [5.74, 6) is 0. The molecule has 0 spiro atoms. The minimum absolute atomic E-state index is 0.00968. The summed E-state index contributed by atoms with van der Waals surface area (Å²) in [5.41, 5.74) is 6.27. The molecule has 1 aromatic rings. The Hall–Kier alpha value is -1.09. The van der Waals surface area contributed by atoms with Gasteiger partial charge >= 0.3 is 0 Å². The fraction of sp³-hybridized carbons (Fsp3) is 0.500. The summed E-state index contributed by atoms with van der Waals surface area (Å²) in [6.45, 7) is 6.29. The first-order chi connectivity index (χ1) is 5.99. The Labute approximate surface area is 78.2 Å². The van der Waals surface area contributed by atoms with E-state index in [2.05, 4.69) is 0 Å². The molecule has 0 fully saturated rings. The van der Waals surface area contributed by atoms with Crippen LogP contribution in [-0.4, -0.2) is 11.1 Å². The van der Waals surface area contributed by atoms with Gasteiger partial charge in [0.1, 0.15) is 0 Å². The molecule has 13 heavy (non-hydrogen) atoms. The van der Waals surface area contributed by atoms with Gasteiger partial charge in [-0.15, -0.1) is 0 Å². The molecule has 0 aliphatic rings. The molecule has 3 nitrogen and oxygen atoms in total. The van der Waals surface area contributed by atoms with E-state index in [9.17, 15) is 4.79 Å². The highest BCUT2D eigenvalue weighted by Crippen LogP contribution is 2.12. The second-order valence-electron chi connectivity index (χ2n) is 3.86. The minimum Gasteiger partial charge on any atom is -0.328 e. The van der Waals surface area contributed by atoms with Gasteiger partial charge in [-0.2, -0.15) is 0 Å². The Morgan fingerprint density at radius 3 is 2.54 bits per heavy atom. The molecule has 3 heteroatoms. The van der Waals surface area contributed by atoms with Gasteiger partial charge in [0.05, 0.1) is 5.54 Å². The molecule has 0 aromatic carbocycles. The number of hydrogen-bond acceptors (Lipinski definition) is 2. The molecule has 0 saturated carbocycles. The Kier molecular flexibility index (Phi) is 2.57. The number of aryl methyl sites for hydroxylation is 1. The highest BCUT2D eigenvalue weighted by atomic mass is 16.1. The molecule has 0 unspecified atom stereocenters. The number of rotatable bonds is 2. The van der Waals surface area contributed by atoms with E-state index in [1.807, 2.05) is 26.8 Å². The van der Waals surface area contributed by atoms with Gasteiger partial charge in [0.15, 0.2) is 0 Å². The summed E-state index contributed by atoms with van der Waals surface area (Å²) in [6.07, 6.45) is 0. The first-order valence-electron chi connectivity index (χ1n) is 4.38. The van der Waals surface area contributed by atoms with Gasteiger partial charge in [-0.05, 0) is 26.8 Å². The maximum absolute atomic E-state index is 11.6. The third-order valence-electron chi connectivity index (χ3n) is 2.25. The molecule has 1 aromatic heterocycles. The third-order valence-corrected chi connectivity index (χ3v) is 2.25. The molecule has 0 amide bonds. The van der Waals surface area contributed by atoms with Crippen LogP contribution in [0.25, 0.3) is 0 Å². The van der Waals surface area contributed by atoms with Gasteiger partial charge in [0.25, 0.3) is 5.56 Å². The predicted molar refractivity (Wildman–Crippen MR) is 53.8 cm³/mol. The van der Waals surface area contributed by atoms with Crippen LogP contribution in [0.3, 0.4) is 0 Å². The lowest BCUT2D eigenvalue weighted by molar-refractivity contribution is 0.348. The Bertz CT molecular complexity index is 352. The van der Waals surface area contributed by atoms with Crippen molar-refractivity contribution < 1.29 is 0 Å². The van der Waals surface area contributed by atoms with Gasteiger partial charge in [0.2, 0.25) is 0 Å². The van der Waals surface area contributed by atoms with E-state index in [-0.39, 0.29) is 11.1 Å². The summed E-state index contributed by atoms with van der Waals surface area (Å²) in [4.78, 5) is 11.6. The van der Waals surface area contributed by atoms with Crippen LogP contribution < -0.4 is 11.3 Å². The zero-order valence-electron chi connectivity index (χ0n) is 8.37. The summed E-state index contributed by atoms with van der Waals surface area (Å²) < 4.78 is 1.73. The smallest absolute Gasteiger partial charge is 0.251 e. The Morgan fingerprint density at radius 1 is 1.46 bits per heavy atom. The summed E-state index contributed by atoms with van der Waals surface area (Å²) in [6, 6.07) is 5.24. The molecule has 0 aliphatic carbocycles. The van der Waals surface area contributed by atoms with E-state index in [0.29, 0.717) is 6.54 Å². The van der Waals surface area contributed by atoms with Crippen LogP contribution in [0.4, 0.5) is 0 Å². The first-order valence-corrected chi connectivity index (χ1v) is 4.38. The molecule has 2 N–H and O–H groups in total. The average Bonchev–Trinajstić information content (AvgIpc) is 2.03. The van der Waals surface area contributed by atoms with Crippen molar-refractivity contribution >= 4 is 0 Å². The molecule has 1 heterocycles. The monoisotopic (exact) mass is 180 g/mol. The summed E-state index contributed by atoms with van der Waals surface area (Å²) in [5, 5.41) is 0. The van der Waals surface area contributed by atoms with Crippen molar-refractivity contribution in [3.05, 3.63) is 34.2 Å². The largest absolute Gasteiger partial charge is 0.328 e. The summed E-state index contributed by atoms with van der Waals surface area (Å²) >= 11 is 0. The zero-order chi connectivity index (χ0) is 10.1. The van der Waals surface area contributed by atoms with Gasteiger partial charge in [0, 0.05) is 18.3 Å². The van der Waals surface area contributed by atoms with Crippen molar-refractivity contribution in [1.82, 2.24) is 4.57 Å². The van der Waals surface area contributed by atoms with Crippen LogP contribution in [0.2, 0.25) is 0 Å². The fourth-order valence-corrected chi connectivity index (χ4v) is 1.46. The maximum atomic E-state index is 11.6. The van der Waals surface area contributed by atoms with Crippen molar-refractivity contribution in [3.8, 4) is 0 Å².